The average molecular weight is 309 g/mol. The Morgan fingerprint density at radius 2 is 1.78 bits per heavy atom. The van der Waals surface area contributed by atoms with Gasteiger partial charge in [0.15, 0.2) is 0 Å². The van der Waals surface area contributed by atoms with Gasteiger partial charge in [0.25, 0.3) is 0 Å². The Hall–Kier alpha value is -1.62. The van der Waals surface area contributed by atoms with Gasteiger partial charge in [-0.3, -0.25) is 0 Å². The third-order valence-electron chi connectivity index (χ3n) is 2.50. The molecule has 0 amide bonds. The minimum atomic E-state index is 0.288. The van der Waals surface area contributed by atoms with Crippen molar-refractivity contribution < 1.29 is 9.47 Å². The molecular weight excluding hydrogens is 296 g/mol. The number of halogens is 1. The summed E-state index contributed by atoms with van der Waals surface area (Å²) in [4.78, 5) is 8.38. The maximum absolute atomic E-state index is 5.28. The van der Waals surface area contributed by atoms with Gasteiger partial charge in [0, 0.05) is 6.42 Å². The average Bonchev–Trinajstić information content (AvgIpc) is 2.42. The molecule has 18 heavy (non-hydrogen) atoms. The first kappa shape index (κ1) is 12.8. The summed E-state index contributed by atoms with van der Waals surface area (Å²) in [6.07, 6.45) is 0.703. The van der Waals surface area contributed by atoms with Crippen molar-refractivity contribution in [3.63, 3.8) is 0 Å². The van der Waals surface area contributed by atoms with E-state index in [4.69, 9.17) is 9.47 Å². The number of aromatic nitrogens is 2. The van der Waals surface area contributed by atoms with Crippen molar-refractivity contribution in [1.82, 2.24) is 9.97 Å². The summed E-state index contributed by atoms with van der Waals surface area (Å²) >= 11 is 3.43. The summed E-state index contributed by atoms with van der Waals surface area (Å²) < 4.78 is 11.0. The summed E-state index contributed by atoms with van der Waals surface area (Å²) in [5.41, 5.74) is 2.08. The van der Waals surface area contributed by atoms with Gasteiger partial charge in [0.1, 0.15) is 4.60 Å². The van der Waals surface area contributed by atoms with Crippen molar-refractivity contribution in [3.8, 4) is 11.9 Å². The Balaban J connectivity index is 2.38. The second-order valence-electron chi connectivity index (χ2n) is 3.65. The SMILES string of the molecule is COc1nc(Br)c(Cc2ccccc2)c(OC)n1. The lowest BCUT2D eigenvalue weighted by molar-refractivity contribution is 0.348. The molecule has 0 fully saturated rings. The molecule has 0 saturated heterocycles. The lowest BCUT2D eigenvalue weighted by Gasteiger charge is -2.10. The van der Waals surface area contributed by atoms with E-state index < -0.39 is 0 Å². The van der Waals surface area contributed by atoms with Crippen molar-refractivity contribution in [2.75, 3.05) is 14.2 Å². The summed E-state index contributed by atoms with van der Waals surface area (Å²) in [6.45, 7) is 0. The number of benzene rings is 1. The lowest BCUT2D eigenvalue weighted by atomic mass is 10.1. The molecule has 1 heterocycles. The van der Waals surface area contributed by atoms with Crippen LogP contribution in [-0.4, -0.2) is 24.2 Å². The van der Waals surface area contributed by atoms with Gasteiger partial charge in [-0.25, -0.2) is 0 Å². The molecule has 4 nitrogen and oxygen atoms in total. The number of rotatable bonds is 4. The Labute approximate surface area is 114 Å². The Bertz CT molecular complexity index is 532. The molecule has 0 bridgehead atoms. The van der Waals surface area contributed by atoms with E-state index in [-0.39, 0.29) is 6.01 Å². The molecule has 1 aromatic heterocycles. The number of methoxy groups -OCH3 is 2. The van der Waals surface area contributed by atoms with Crippen LogP contribution < -0.4 is 9.47 Å². The third-order valence-corrected chi connectivity index (χ3v) is 3.15. The van der Waals surface area contributed by atoms with E-state index >= 15 is 0 Å². The van der Waals surface area contributed by atoms with Gasteiger partial charge in [-0.05, 0) is 21.5 Å². The number of ether oxygens (including phenoxy) is 2. The van der Waals surface area contributed by atoms with Crippen molar-refractivity contribution in [3.05, 3.63) is 46.1 Å². The van der Waals surface area contributed by atoms with E-state index in [0.717, 1.165) is 5.56 Å². The number of nitrogens with zero attached hydrogens (tertiary/aromatic N) is 2. The standard InChI is InChI=1S/C13H13BrN2O2/c1-17-12-10(8-9-6-4-3-5-7-9)11(14)15-13(16-12)18-2/h3-7H,8H2,1-2H3. The van der Waals surface area contributed by atoms with Crippen molar-refractivity contribution in [1.29, 1.82) is 0 Å². The minimum Gasteiger partial charge on any atom is -0.481 e. The lowest BCUT2D eigenvalue weighted by Crippen LogP contribution is -2.02. The molecule has 94 valence electrons. The predicted molar refractivity (Wildman–Crippen MR) is 72.1 cm³/mol. The fourth-order valence-corrected chi connectivity index (χ4v) is 2.09. The van der Waals surface area contributed by atoms with Gasteiger partial charge in [-0.15, -0.1) is 0 Å². The molecule has 5 heteroatoms. The monoisotopic (exact) mass is 308 g/mol. The molecule has 0 aliphatic rings. The van der Waals surface area contributed by atoms with E-state index in [1.807, 2.05) is 18.2 Å². The third kappa shape index (κ3) is 2.79. The number of hydrogen-bond acceptors (Lipinski definition) is 4. The van der Waals surface area contributed by atoms with E-state index in [0.29, 0.717) is 16.9 Å². The molecule has 1 aromatic carbocycles. The fraction of sp³-hybridized carbons (Fsp3) is 0.231. The highest BCUT2D eigenvalue weighted by Crippen LogP contribution is 2.28. The molecule has 0 N–H and O–H groups in total. The molecule has 0 aliphatic carbocycles. The zero-order valence-electron chi connectivity index (χ0n) is 10.2. The summed E-state index contributed by atoms with van der Waals surface area (Å²) in [6, 6.07) is 10.4. The van der Waals surface area contributed by atoms with Gasteiger partial charge in [0.05, 0.1) is 19.8 Å². The molecule has 2 aromatic rings. The van der Waals surface area contributed by atoms with Crippen molar-refractivity contribution in [2.45, 2.75) is 6.42 Å². The van der Waals surface area contributed by atoms with Gasteiger partial charge in [-0.2, -0.15) is 9.97 Å². The zero-order valence-corrected chi connectivity index (χ0v) is 11.8. The van der Waals surface area contributed by atoms with Crippen LogP contribution in [0.4, 0.5) is 0 Å². The maximum atomic E-state index is 5.28. The van der Waals surface area contributed by atoms with Crippen molar-refractivity contribution >= 4 is 15.9 Å². The minimum absolute atomic E-state index is 0.288. The first-order valence-electron chi connectivity index (χ1n) is 5.43. The first-order valence-corrected chi connectivity index (χ1v) is 6.22. The highest BCUT2D eigenvalue weighted by molar-refractivity contribution is 9.10. The van der Waals surface area contributed by atoms with Crippen LogP contribution in [-0.2, 0) is 6.42 Å². The second-order valence-corrected chi connectivity index (χ2v) is 4.40. The quantitative estimate of drug-likeness (QED) is 0.815. The molecule has 0 aliphatic heterocycles. The van der Waals surface area contributed by atoms with E-state index in [2.05, 4.69) is 38.0 Å². The van der Waals surface area contributed by atoms with Crippen LogP contribution in [0.25, 0.3) is 0 Å². The van der Waals surface area contributed by atoms with Gasteiger partial charge in [-0.1, -0.05) is 30.3 Å². The molecule has 0 unspecified atom stereocenters. The summed E-state index contributed by atoms with van der Waals surface area (Å²) in [7, 11) is 3.11. The highest BCUT2D eigenvalue weighted by atomic mass is 79.9. The molecule has 0 saturated carbocycles. The Morgan fingerprint density at radius 1 is 1.06 bits per heavy atom. The predicted octanol–water partition coefficient (Wildman–Crippen LogP) is 2.85. The summed E-state index contributed by atoms with van der Waals surface area (Å²) in [5.74, 6) is 0.526. The van der Waals surface area contributed by atoms with Gasteiger partial charge in [0.2, 0.25) is 5.88 Å². The topological polar surface area (TPSA) is 44.2 Å². The first-order chi connectivity index (χ1) is 8.74. The number of hydrogen-bond donors (Lipinski definition) is 0. The van der Waals surface area contributed by atoms with E-state index in [1.54, 1.807) is 7.11 Å². The maximum Gasteiger partial charge on any atom is 0.320 e. The van der Waals surface area contributed by atoms with E-state index in [9.17, 15) is 0 Å². The molecular formula is C13H13BrN2O2. The fourth-order valence-electron chi connectivity index (χ4n) is 1.63. The Kier molecular flexibility index (Phi) is 4.15. The van der Waals surface area contributed by atoms with E-state index in [1.165, 1.54) is 12.7 Å². The normalized spacial score (nSPS) is 10.2. The largest absolute Gasteiger partial charge is 0.481 e. The molecule has 2 rings (SSSR count). The van der Waals surface area contributed by atoms with Crippen LogP contribution >= 0.6 is 15.9 Å². The van der Waals surface area contributed by atoms with Crippen LogP contribution in [0.5, 0.6) is 11.9 Å². The molecule has 0 radical (unpaired) electrons. The smallest absolute Gasteiger partial charge is 0.320 e. The summed E-state index contributed by atoms with van der Waals surface area (Å²) in [5, 5.41) is 0. The van der Waals surface area contributed by atoms with Crippen LogP contribution in [0.3, 0.4) is 0 Å². The van der Waals surface area contributed by atoms with Crippen LogP contribution in [0, 0.1) is 0 Å². The molecule has 0 spiro atoms. The van der Waals surface area contributed by atoms with Crippen LogP contribution in [0.2, 0.25) is 0 Å². The highest BCUT2D eigenvalue weighted by Gasteiger charge is 2.14. The van der Waals surface area contributed by atoms with Gasteiger partial charge < -0.3 is 9.47 Å². The van der Waals surface area contributed by atoms with Crippen LogP contribution in [0.15, 0.2) is 34.9 Å². The van der Waals surface area contributed by atoms with Gasteiger partial charge >= 0.3 is 6.01 Å². The Morgan fingerprint density at radius 3 is 2.39 bits per heavy atom. The van der Waals surface area contributed by atoms with Crippen molar-refractivity contribution in [2.24, 2.45) is 0 Å². The molecule has 0 atom stereocenters. The van der Waals surface area contributed by atoms with Crippen LogP contribution in [0.1, 0.15) is 11.1 Å². The second kappa shape index (κ2) is 5.82. The zero-order chi connectivity index (χ0) is 13.0.